The van der Waals surface area contributed by atoms with Crippen molar-refractivity contribution >= 4 is 29.2 Å². The van der Waals surface area contributed by atoms with Crippen molar-refractivity contribution in [2.24, 2.45) is 4.99 Å². The van der Waals surface area contributed by atoms with Crippen molar-refractivity contribution in [2.45, 2.75) is 31.2 Å². The van der Waals surface area contributed by atoms with E-state index >= 15 is 0 Å². The van der Waals surface area contributed by atoms with E-state index in [0.717, 1.165) is 24.7 Å². The predicted octanol–water partition coefficient (Wildman–Crippen LogP) is 6.29. The largest absolute Gasteiger partial charge is 0.467 e. The molecule has 0 aromatic heterocycles. The van der Waals surface area contributed by atoms with Gasteiger partial charge in [-0.1, -0.05) is 29.8 Å². The van der Waals surface area contributed by atoms with Crippen LogP contribution in [0.3, 0.4) is 0 Å². The fourth-order valence-corrected chi connectivity index (χ4v) is 4.51. The molecule has 1 aliphatic heterocycles. The number of nitrogens with one attached hydrogen (secondary N) is 1. The number of carbonyl (C=O) groups excluding carboxylic acids is 2. The first-order chi connectivity index (χ1) is 18.8. The lowest BCUT2D eigenvalue weighted by Gasteiger charge is -2.19. The monoisotopic (exact) mass is 582 g/mol. The van der Waals surface area contributed by atoms with Crippen LogP contribution in [-0.2, 0) is 34.7 Å². The summed E-state index contributed by atoms with van der Waals surface area (Å²) in [5, 5.41) is 2.89. The Kier molecular flexibility index (Phi) is 8.25. The number of hydrogen-bond donors (Lipinski definition) is 1. The lowest BCUT2D eigenvalue weighted by atomic mass is 9.93. The van der Waals surface area contributed by atoms with E-state index < -0.39 is 53.4 Å². The molecule has 0 saturated carbocycles. The first-order valence-electron chi connectivity index (χ1n) is 11.9. The molecule has 210 valence electrons. The number of amides is 1. The maximum atomic E-state index is 13.3. The van der Waals surface area contributed by atoms with Gasteiger partial charge in [-0.2, -0.15) is 26.3 Å². The minimum absolute atomic E-state index is 0.0141. The minimum Gasteiger partial charge on any atom is -0.467 e. The van der Waals surface area contributed by atoms with Gasteiger partial charge in [0.15, 0.2) is 0 Å². The second-order valence-corrected chi connectivity index (χ2v) is 9.46. The van der Waals surface area contributed by atoms with Crippen LogP contribution < -0.4 is 5.32 Å². The van der Waals surface area contributed by atoms with Crippen molar-refractivity contribution in [2.75, 3.05) is 13.7 Å². The van der Waals surface area contributed by atoms with Crippen LogP contribution in [0.25, 0.3) is 0 Å². The summed E-state index contributed by atoms with van der Waals surface area (Å²) in [4.78, 5) is 29.8. The number of methoxy groups -OCH3 is 1. The van der Waals surface area contributed by atoms with Crippen molar-refractivity contribution in [3.8, 4) is 0 Å². The number of halogens is 7. The molecule has 4 rings (SSSR count). The smallest absolute Gasteiger partial charge is 0.416 e. The van der Waals surface area contributed by atoms with Gasteiger partial charge in [0.1, 0.15) is 6.04 Å². The van der Waals surface area contributed by atoms with Crippen molar-refractivity contribution in [1.29, 1.82) is 0 Å². The summed E-state index contributed by atoms with van der Waals surface area (Å²) >= 11 is 6.14. The summed E-state index contributed by atoms with van der Waals surface area (Å²) in [5.74, 6) is -1.82. The summed E-state index contributed by atoms with van der Waals surface area (Å²) in [7, 11) is 0.985. The Bertz CT molecular complexity index is 1430. The highest BCUT2D eigenvalue weighted by Gasteiger charge is 2.37. The molecule has 1 N–H and O–H groups in total. The topological polar surface area (TPSA) is 67.8 Å². The molecule has 1 atom stereocenters. The zero-order valence-corrected chi connectivity index (χ0v) is 21.5. The minimum atomic E-state index is -5.06. The summed E-state index contributed by atoms with van der Waals surface area (Å²) in [6.07, 6.45) is -10.0. The second-order valence-electron chi connectivity index (χ2n) is 9.03. The molecular weight excluding hydrogens is 562 g/mol. The predicted molar refractivity (Wildman–Crippen MR) is 136 cm³/mol. The van der Waals surface area contributed by atoms with Gasteiger partial charge in [0, 0.05) is 34.7 Å². The summed E-state index contributed by atoms with van der Waals surface area (Å²) in [5.41, 5.74) is -0.101. The average Bonchev–Trinajstić information content (AvgIpc) is 2.90. The quantitative estimate of drug-likeness (QED) is 0.275. The highest BCUT2D eigenvalue weighted by Crippen LogP contribution is 2.36. The normalized spacial score (nSPS) is 14.2. The number of alkyl halides is 6. The number of ether oxygens (including phenoxy) is 1. The maximum Gasteiger partial charge on any atom is 0.416 e. The number of nitrogens with zero attached hydrogens (tertiary/aromatic N) is 1. The first-order valence-corrected chi connectivity index (χ1v) is 12.2. The number of fused-ring (bicyclic) bond motifs is 1. The van der Waals surface area contributed by atoms with Crippen LogP contribution in [0.5, 0.6) is 0 Å². The third-order valence-electron chi connectivity index (χ3n) is 6.28. The zero-order chi connectivity index (χ0) is 29.2. The number of carbonyl (C=O) groups is 2. The molecule has 1 unspecified atom stereocenters. The Hall–Kier alpha value is -3.86. The molecule has 0 saturated heterocycles. The number of rotatable bonds is 6. The molecule has 1 amide bonds. The molecule has 12 heteroatoms. The summed E-state index contributed by atoms with van der Waals surface area (Å²) < 4.78 is 84.2. The van der Waals surface area contributed by atoms with Gasteiger partial charge in [0.2, 0.25) is 0 Å². The fourth-order valence-electron chi connectivity index (χ4n) is 4.34. The number of esters is 1. The van der Waals surface area contributed by atoms with Crippen molar-refractivity contribution < 1.29 is 40.7 Å². The Labute approximate surface area is 229 Å². The van der Waals surface area contributed by atoms with Gasteiger partial charge >= 0.3 is 18.3 Å². The number of aliphatic imine (C=N–C) groups is 1. The lowest BCUT2D eigenvalue weighted by Crippen LogP contribution is -2.43. The van der Waals surface area contributed by atoms with E-state index in [0.29, 0.717) is 35.0 Å². The van der Waals surface area contributed by atoms with E-state index in [-0.39, 0.29) is 11.6 Å². The molecule has 40 heavy (non-hydrogen) atoms. The van der Waals surface area contributed by atoms with Crippen LogP contribution in [-0.4, -0.2) is 37.3 Å². The molecule has 0 aliphatic carbocycles. The van der Waals surface area contributed by atoms with Gasteiger partial charge in [0.25, 0.3) is 5.91 Å². The van der Waals surface area contributed by atoms with Gasteiger partial charge in [-0.05, 0) is 60.0 Å². The molecule has 0 bridgehead atoms. The van der Waals surface area contributed by atoms with Crippen molar-refractivity contribution in [3.63, 3.8) is 0 Å². The molecule has 1 aliphatic rings. The first kappa shape index (κ1) is 29.1. The number of hydrogen-bond acceptors (Lipinski definition) is 4. The van der Waals surface area contributed by atoms with Crippen LogP contribution in [0, 0.1) is 0 Å². The molecule has 0 fully saturated rings. The van der Waals surface area contributed by atoms with E-state index in [1.807, 2.05) is 6.07 Å². The lowest BCUT2D eigenvalue weighted by molar-refractivity contribution is -0.143. The molecule has 1 heterocycles. The Balaban J connectivity index is 1.56. The molecule has 0 radical (unpaired) electrons. The van der Waals surface area contributed by atoms with E-state index in [9.17, 15) is 35.9 Å². The van der Waals surface area contributed by atoms with Crippen molar-refractivity contribution in [3.05, 3.63) is 105 Å². The van der Waals surface area contributed by atoms with Crippen LogP contribution in [0.4, 0.5) is 26.3 Å². The van der Waals surface area contributed by atoms with Gasteiger partial charge in [-0.15, -0.1) is 0 Å². The molecule has 3 aromatic carbocycles. The van der Waals surface area contributed by atoms with Crippen LogP contribution in [0.1, 0.15) is 43.7 Å². The third-order valence-corrected chi connectivity index (χ3v) is 6.51. The van der Waals surface area contributed by atoms with E-state index in [2.05, 4.69) is 15.0 Å². The third kappa shape index (κ3) is 6.64. The number of benzene rings is 3. The van der Waals surface area contributed by atoms with E-state index in [1.165, 1.54) is 12.1 Å². The highest BCUT2D eigenvalue weighted by molar-refractivity contribution is 6.31. The zero-order valence-electron chi connectivity index (χ0n) is 20.8. The van der Waals surface area contributed by atoms with Gasteiger partial charge in [-0.25, -0.2) is 4.79 Å². The van der Waals surface area contributed by atoms with Gasteiger partial charge in [0.05, 0.1) is 23.9 Å². The second kappa shape index (κ2) is 11.3. The van der Waals surface area contributed by atoms with E-state index in [4.69, 9.17) is 11.6 Å². The van der Waals surface area contributed by atoms with Gasteiger partial charge in [-0.3, -0.25) is 9.79 Å². The molecular formula is C28H21ClF6N2O3. The fraction of sp³-hybridized carbons (Fsp3) is 0.250. The SMILES string of the molecule is COC(=O)C(Cc1cc(C(F)(F)F)cc(C(F)(F)F)c1)NC(=O)c1ccc(C2=NCCc3ccc(Cl)cc32)cc1. The summed E-state index contributed by atoms with van der Waals surface area (Å²) in [6, 6.07) is 11.1. The van der Waals surface area contributed by atoms with Crippen LogP contribution in [0.15, 0.2) is 65.7 Å². The molecule has 3 aromatic rings. The standard InChI is InChI=1S/C28H21ClF6N2O3/c1-40-26(39)23(12-15-10-19(27(30,31)32)13-20(11-15)28(33,34)35)37-25(38)18-4-2-17(3-5-18)24-22-14-21(29)7-6-16(22)8-9-36-24/h2-7,10-11,13-14,23H,8-9,12H2,1H3,(H,37,38). The average molecular weight is 583 g/mol. The summed E-state index contributed by atoms with van der Waals surface area (Å²) in [6.45, 7) is 0.568. The van der Waals surface area contributed by atoms with E-state index in [1.54, 1.807) is 24.3 Å². The van der Waals surface area contributed by atoms with Crippen LogP contribution >= 0.6 is 11.6 Å². The Morgan fingerprint density at radius 2 is 1.57 bits per heavy atom. The molecule has 0 spiro atoms. The highest BCUT2D eigenvalue weighted by atomic mass is 35.5. The van der Waals surface area contributed by atoms with Crippen molar-refractivity contribution in [1.82, 2.24) is 5.32 Å². The Morgan fingerprint density at radius 1 is 0.950 bits per heavy atom. The molecule has 5 nitrogen and oxygen atoms in total. The van der Waals surface area contributed by atoms with Gasteiger partial charge < -0.3 is 10.1 Å². The van der Waals surface area contributed by atoms with Crippen LogP contribution in [0.2, 0.25) is 5.02 Å². The Morgan fingerprint density at radius 3 is 2.15 bits per heavy atom. The maximum absolute atomic E-state index is 13.3.